The number of nitrogens with one attached hydrogen (secondary N) is 4. The van der Waals surface area contributed by atoms with Crippen LogP contribution in [0, 0.1) is 5.92 Å². The summed E-state index contributed by atoms with van der Waals surface area (Å²) < 4.78 is 0. The number of nitrogens with zero attached hydrogens (tertiary/aromatic N) is 1. The average Bonchev–Trinajstić information content (AvgIpc) is 3.34. The van der Waals surface area contributed by atoms with E-state index < -0.39 is 53.4 Å². The van der Waals surface area contributed by atoms with Gasteiger partial charge in [0, 0.05) is 19.5 Å². The number of unbranched alkanes of at least 4 members (excludes halogenated alkanes) is 4. The van der Waals surface area contributed by atoms with E-state index in [-0.39, 0.29) is 43.3 Å². The number of Topliss-reactive ketones (excluding diaryl/α,β-unsaturated/α-hetero) is 1. The zero-order valence-electron chi connectivity index (χ0n) is 25.9. The van der Waals surface area contributed by atoms with Crippen LogP contribution in [0.2, 0.25) is 0 Å². The molecule has 0 radical (unpaired) electrons. The Balaban J connectivity index is 2.27. The molecule has 5 amide bonds. The van der Waals surface area contributed by atoms with Crippen LogP contribution >= 0.6 is 0 Å². The number of hydrogen-bond donors (Lipinski definition) is 5. The highest BCUT2D eigenvalue weighted by Crippen LogP contribution is 2.25. The fourth-order valence-corrected chi connectivity index (χ4v) is 5.35. The van der Waals surface area contributed by atoms with Gasteiger partial charge in [-0.2, -0.15) is 0 Å². The number of aliphatic hydroxyl groups is 1. The van der Waals surface area contributed by atoms with Crippen molar-refractivity contribution in [3.63, 3.8) is 0 Å². The summed E-state index contributed by atoms with van der Waals surface area (Å²) in [6, 6.07) is -2.97. The predicted molar refractivity (Wildman–Crippen MR) is 157 cm³/mol. The van der Waals surface area contributed by atoms with Gasteiger partial charge in [-0.15, -0.1) is 0 Å². The van der Waals surface area contributed by atoms with Crippen LogP contribution in [-0.2, 0) is 28.8 Å². The fourth-order valence-electron chi connectivity index (χ4n) is 5.35. The van der Waals surface area contributed by atoms with Crippen molar-refractivity contribution in [3.05, 3.63) is 0 Å². The van der Waals surface area contributed by atoms with Gasteiger partial charge in [0.25, 0.3) is 0 Å². The number of hydrogen-bond acceptors (Lipinski definition) is 7. The van der Waals surface area contributed by atoms with Crippen molar-refractivity contribution >= 4 is 35.3 Å². The van der Waals surface area contributed by atoms with Crippen molar-refractivity contribution < 1.29 is 33.9 Å². The van der Waals surface area contributed by atoms with Crippen LogP contribution in [-0.4, -0.2) is 88.2 Å². The van der Waals surface area contributed by atoms with E-state index >= 15 is 0 Å². The summed E-state index contributed by atoms with van der Waals surface area (Å²) in [5, 5.41) is 20.5. The van der Waals surface area contributed by atoms with Crippen molar-refractivity contribution in [1.29, 1.82) is 0 Å². The van der Waals surface area contributed by atoms with E-state index in [4.69, 9.17) is 0 Å². The molecule has 0 aromatic rings. The first-order chi connectivity index (χ1) is 19.8. The molecule has 2 aliphatic rings. The molecule has 2 saturated heterocycles. The Labute approximate surface area is 249 Å². The number of amides is 5. The van der Waals surface area contributed by atoms with Gasteiger partial charge >= 0.3 is 0 Å². The maximum Gasteiger partial charge on any atom is 0.246 e. The summed E-state index contributed by atoms with van der Waals surface area (Å²) in [5.74, 6) is -2.66. The highest BCUT2D eigenvalue weighted by Gasteiger charge is 2.45. The lowest BCUT2D eigenvalue weighted by Crippen LogP contribution is -2.65. The van der Waals surface area contributed by atoms with E-state index in [9.17, 15) is 33.9 Å². The lowest BCUT2D eigenvalue weighted by atomic mass is 9.94. The third kappa shape index (κ3) is 10.1. The first-order valence-corrected chi connectivity index (χ1v) is 15.5. The summed E-state index contributed by atoms with van der Waals surface area (Å²) in [6.45, 7) is 9.45. The Morgan fingerprint density at radius 2 is 1.74 bits per heavy atom. The second-order valence-corrected chi connectivity index (χ2v) is 12.1. The summed E-state index contributed by atoms with van der Waals surface area (Å²) in [7, 11) is 0. The topological polar surface area (TPSA) is 174 Å². The molecule has 0 bridgehead atoms. The molecule has 0 aliphatic carbocycles. The molecule has 2 fully saturated rings. The van der Waals surface area contributed by atoms with Crippen LogP contribution in [0.4, 0.5) is 0 Å². The van der Waals surface area contributed by atoms with Crippen molar-refractivity contribution in [2.75, 3.05) is 13.1 Å². The second-order valence-electron chi connectivity index (χ2n) is 12.1. The number of carbonyl (C=O) groups excluding carboxylic acids is 6. The lowest BCUT2D eigenvalue weighted by Gasteiger charge is -2.35. The van der Waals surface area contributed by atoms with Crippen LogP contribution < -0.4 is 21.3 Å². The molecule has 2 rings (SSSR count). The number of fused-ring (bicyclic) bond motifs is 1. The Hall–Kier alpha value is -3.02. The van der Waals surface area contributed by atoms with Crippen molar-refractivity contribution in [2.24, 2.45) is 5.92 Å². The molecule has 0 saturated carbocycles. The van der Waals surface area contributed by atoms with Gasteiger partial charge < -0.3 is 31.3 Å². The summed E-state index contributed by atoms with van der Waals surface area (Å²) in [4.78, 5) is 80.2. The maximum absolute atomic E-state index is 13.8. The van der Waals surface area contributed by atoms with E-state index in [1.54, 1.807) is 13.8 Å². The second kappa shape index (κ2) is 16.6. The molecule has 42 heavy (non-hydrogen) atoms. The number of rotatable bonds is 14. The van der Waals surface area contributed by atoms with Crippen LogP contribution in [0.1, 0.15) is 105 Å². The number of aliphatic hydroxyl groups excluding tert-OH is 1. The van der Waals surface area contributed by atoms with Gasteiger partial charge in [0.05, 0.1) is 6.42 Å². The van der Waals surface area contributed by atoms with Gasteiger partial charge in [-0.1, -0.05) is 46.5 Å². The standard InChI is InChI=1S/C30H51N5O7/c1-6-8-12-15-31-25(38)17-22-28(41)35-18-19(3)16-23(35)27(40)32-21(13-10-9-11-14-24(37)20(4)36)26(39)34-30(5,7-2)29(42)33-22/h19-23,36H,6-18H2,1-5H3,(H,31,38)(H,32,40)(H,33,42)(H,34,39)/t19-,20+,21-,22-,23+,30-/m0/s1. The predicted octanol–water partition coefficient (Wildman–Crippen LogP) is 1.09. The molecule has 2 aliphatic heterocycles. The van der Waals surface area contributed by atoms with Gasteiger partial charge in [0.2, 0.25) is 29.5 Å². The molecule has 12 nitrogen and oxygen atoms in total. The first-order valence-electron chi connectivity index (χ1n) is 15.5. The van der Waals surface area contributed by atoms with E-state index in [0.29, 0.717) is 38.8 Å². The molecule has 2 heterocycles. The SMILES string of the molecule is CCCCCNC(=O)C[C@@H]1NC(=O)[C@](C)(CC)NC(=O)[C@H](CCCCCC(=O)[C@@H](C)O)NC(=O)[C@H]2C[C@H](C)CN2C1=O. The summed E-state index contributed by atoms with van der Waals surface area (Å²) in [5.41, 5.74) is -1.39. The molecule has 0 spiro atoms. The van der Waals surface area contributed by atoms with Gasteiger partial charge in [0.15, 0.2) is 5.78 Å². The molecular formula is C30H51N5O7. The van der Waals surface area contributed by atoms with Crippen molar-refractivity contribution in [1.82, 2.24) is 26.2 Å². The molecule has 5 N–H and O–H groups in total. The smallest absolute Gasteiger partial charge is 0.246 e. The lowest BCUT2D eigenvalue weighted by molar-refractivity contribution is -0.145. The van der Waals surface area contributed by atoms with Crippen molar-refractivity contribution in [3.8, 4) is 0 Å². The fraction of sp³-hybridized carbons (Fsp3) is 0.800. The molecule has 0 aromatic carbocycles. The van der Waals surface area contributed by atoms with E-state index in [1.165, 1.54) is 11.8 Å². The van der Waals surface area contributed by atoms with Gasteiger partial charge in [-0.25, -0.2) is 0 Å². The Morgan fingerprint density at radius 3 is 2.38 bits per heavy atom. The van der Waals surface area contributed by atoms with E-state index in [1.807, 2.05) is 6.92 Å². The molecule has 12 heteroatoms. The van der Waals surface area contributed by atoms with Crippen LogP contribution in [0.3, 0.4) is 0 Å². The van der Waals surface area contributed by atoms with Crippen LogP contribution in [0.5, 0.6) is 0 Å². The third-order valence-electron chi connectivity index (χ3n) is 8.31. The minimum absolute atomic E-state index is 0.00804. The molecule has 0 aromatic heterocycles. The molecule has 238 valence electrons. The van der Waals surface area contributed by atoms with Gasteiger partial charge in [-0.05, 0) is 51.9 Å². The summed E-state index contributed by atoms with van der Waals surface area (Å²) in [6.07, 6.45) is 4.25. The van der Waals surface area contributed by atoms with E-state index in [2.05, 4.69) is 28.2 Å². The third-order valence-corrected chi connectivity index (χ3v) is 8.31. The minimum atomic E-state index is -1.39. The average molecular weight is 594 g/mol. The zero-order chi connectivity index (χ0) is 31.4. The van der Waals surface area contributed by atoms with Crippen LogP contribution in [0.15, 0.2) is 0 Å². The number of ketones is 1. The Morgan fingerprint density at radius 1 is 1.02 bits per heavy atom. The minimum Gasteiger partial charge on any atom is -0.386 e. The quantitative estimate of drug-likeness (QED) is 0.187. The Bertz CT molecular complexity index is 987. The van der Waals surface area contributed by atoms with E-state index in [0.717, 1.165) is 19.3 Å². The largest absolute Gasteiger partial charge is 0.386 e. The maximum atomic E-state index is 13.8. The van der Waals surface area contributed by atoms with Gasteiger partial charge in [0.1, 0.15) is 29.8 Å². The molecule has 0 unspecified atom stereocenters. The molecule has 6 atom stereocenters. The summed E-state index contributed by atoms with van der Waals surface area (Å²) >= 11 is 0. The monoisotopic (exact) mass is 593 g/mol. The first kappa shape index (κ1) is 35.2. The highest BCUT2D eigenvalue weighted by molar-refractivity contribution is 6.00. The zero-order valence-corrected chi connectivity index (χ0v) is 25.9. The normalized spacial score (nSPS) is 27.6. The van der Waals surface area contributed by atoms with Crippen LogP contribution in [0.25, 0.3) is 0 Å². The van der Waals surface area contributed by atoms with Crippen molar-refractivity contribution in [2.45, 2.75) is 135 Å². The molecular weight excluding hydrogens is 542 g/mol. The Kier molecular flexibility index (Phi) is 13.9. The highest BCUT2D eigenvalue weighted by atomic mass is 16.3. The van der Waals surface area contributed by atoms with Gasteiger partial charge in [-0.3, -0.25) is 28.8 Å². The number of carbonyl (C=O) groups is 6.